The van der Waals surface area contributed by atoms with Crippen molar-refractivity contribution in [3.05, 3.63) is 53.6 Å². The zero-order valence-electron chi connectivity index (χ0n) is 11.4. The fourth-order valence-electron chi connectivity index (χ4n) is 2.71. The molecule has 0 saturated heterocycles. The number of carbonyl (C=O) groups excluding carboxylic acids is 1. The van der Waals surface area contributed by atoms with E-state index in [1.165, 1.54) is 0 Å². The van der Waals surface area contributed by atoms with Gasteiger partial charge in [0.2, 0.25) is 5.78 Å². The molecule has 106 valence electrons. The third-order valence-corrected chi connectivity index (χ3v) is 3.77. The largest absolute Gasteiger partial charge is 0.486 e. The Labute approximate surface area is 122 Å². The summed E-state index contributed by atoms with van der Waals surface area (Å²) in [5, 5.41) is 0. The summed E-state index contributed by atoms with van der Waals surface area (Å²) >= 11 is 0. The first kappa shape index (κ1) is 12.3. The molecule has 4 rings (SSSR count). The average molecular weight is 282 g/mol. The van der Waals surface area contributed by atoms with Crippen LogP contribution in [0.2, 0.25) is 0 Å². The Morgan fingerprint density at radius 1 is 0.952 bits per heavy atom. The number of hydrogen-bond donors (Lipinski definition) is 0. The first-order valence-electron chi connectivity index (χ1n) is 7.00. The van der Waals surface area contributed by atoms with Gasteiger partial charge in [-0.2, -0.15) is 0 Å². The molecule has 0 aromatic heterocycles. The van der Waals surface area contributed by atoms with Crippen LogP contribution in [0.25, 0.3) is 0 Å². The van der Waals surface area contributed by atoms with Crippen LogP contribution in [0, 0.1) is 0 Å². The van der Waals surface area contributed by atoms with E-state index in [1.807, 2.05) is 24.3 Å². The van der Waals surface area contributed by atoms with Crippen molar-refractivity contribution in [1.29, 1.82) is 0 Å². The Kier molecular flexibility index (Phi) is 2.81. The van der Waals surface area contributed by atoms with Gasteiger partial charge < -0.3 is 14.2 Å². The molecule has 0 saturated carbocycles. The molecule has 2 heterocycles. The summed E-state index contributed by atoms with van der Waals surface area (Å²) in [7, 11) is 0. The molecule has 2 aliphatic heterocycles. The Morgan fingerprint density at radius 2 is 1.76 bits per heavy atom. The lowest BCUT2D eigenvalue weighted by Gasteiger charge is -2.19. The second-order valence-corrected chi connectivity index (χ2v) is 5.14. The van der Waals surface area contributed by atoms with Crippen molar-refractivity contribution in [3.63, 3.8) is 0 Å². The van der Waals surface area contributed by atoms with E-state index in [0.29, 0.717) is 36.7 Å². The van der Waals surface area contributed by atoms with Crippen molar-refractivity contribution in [2.75, 3.05) is 13.2 Å². The molecular weight excluding hydrogens is 268 g/mol. The summed E-state index contributed by atoms with van der Waals surface area (Å²) in [6, 6.07) is 13.0. The number of para-hydroxylation sites is 1. The standard InChI is InChI=1S/C17H14O4/c18-17(16-9-11-3-1-2-4-13(11)21-16)12-5-6-14-15(10-12)20-8-7-19-14/h1-6,10,16H,7-9H2. The lowest BCUT2D eigenvalue weighted by atomic mass is 10.0. The van der Waals surface area contributed by atoms with Crippen LogP contribution in [0.3, 0.4) is 0 Å². The Morgan fingerprint density at radius 3 is 2.62 bits per heavy atom. The van der Waals surface area contributed by atoms with E-state index in [1.54, 1.807) is 18.2 Å². The Bertz CT molecular complexity index is 683. The molecule has 21 heavy (non-hydrogen) atoms. The zero-order chi connectivity index (χ0) is 14.2. The minimum atomic E-state index is -0.454. The van der Waals surface area contributed by atoms with Crippen molar-refractivity contribution in [2.45, 2.75) is 12.5 Å². The van der Waals surface area contributed by atoms with Gasteiger partial charge in [0.05, 0.1) is 0 Å². The third kappa shape index (κ3) is 2.13. The molecule has 0 N–H and O–H groups in total. The van der Waals surface area contributed by atoms with E-state index in [0.717, 1.165) is 11.3 Å². The highest BCUT2D eigenvalue weighted by Gasteiger charge is 2.30. The number of fused-ring (bicyclic) bond motifs is 2. The summed E-state index contributed by atoms with van der Waals surface area (Å²) in [4.78, 5) is 12.6. The maximum absolute atomic E-state index is 12.6. The highest BCUT2D eigenvalue weighted by atomic mass is 16.6. The number of rotatable bonds is 2. The molecule has 1 unspecified atom stereocenters. The normalized spacial score (nSPS) is 18.8. The highest BCUT2D eigenvalue weighted by molar-refractivity contribution is 6.00. The second kappa shape index (κ2) is 4.81. The van der Waals surface area contributed by atoms with Crippen molar-refractivity contribution in [1.82, 2.24) is 0 Å². The number of ether oxygens (including phenoxy) is 3. The number of carbonyl (C=O) groups is 1. The van der Waals surface area contributed by atoms with Crippen LogP contribution in [0.4, 0.5) is 0 Å². The summed E-state index contributed by atoms with van der Waals surface area (Å²) in [6.07, 6.45) is 0.161. The fourth-order valence-corrected chi connectivity index (χ4v) is 2.71. The summed E-state index contributed by atoms with van der Waals surface area (Å²) < 4.78 is 16.7. The van der Waals surface area contributed by atoms with Crippen LogP contribution in [0.15, 0.2) is 42.5 Å². The van der Waals surface area contributed by atoms with E-state index in [4.69, 9.17) is 14.2 Å². The third-order valence-electron chi connectivity index (χ3n) is 3.77. The van der Waals surface area contributed by atoms with Crippen molar-refractivity contribution in [3.8, 4) is 17.2 Å². The lowest BCUT2D eigenvalue weighted by molar-refractivity contribution is 0.0823. The van der Waals surface area contributed by atoms with Gasteiger partial charge in [-0.05, 0) is 29.8 Å². The first-order chi connectivity index (χ1) is 10.3. The molecule has 2 aromatic carbocycles. The molecule has 0 fully saturated rings. The predicted molar refractivity (Wildman–Crippen MR) is 76.3 cm³/mol. The van der Waals surface area contributed by atoms with Gasteiger partial charge in [-0.3, -0.25) is 4.79 Å². The minimum Gasteiger partial charge on any atom is -0.486 e. The summed E-state index contributed by atoms with van der Waals surface area (Å²) in [5.74, 6) is 2.09. The fraction of sp³-hybridized carbons (Fsp3) is 0.235. The van der Waals surface area contributed by atoms with E-state index in [2.05, 4.69) is 0 Å². The summed E-state index contributed by atoms with van der Waals surface area (Å²) in [5.41, 5.74) is 1.67. The van der Waals surface area contributed by atoms with Crippen LogP contribution in [0.5, 0.6) is 17.2 Å². The topological polar surface area (TPSA) is 44.8 Å². The van der Waals surface area contributed by atoms with Crippen LogP contribution in [0.1, 0.15) is 15.9 Å². The highest BCUT2D eigenvalue weighted by Crippen LogP contribution is 2.33. The minimum absolute atomic E-state index is 0.0248. The van der Waals surface area contributed by atoms with Crippen molar-refractivity contribution < 1.29 is 19.0 Å². The van der Waals surface area contributed by atoms with Gasteiger partial charge in [0.15, 0.2) is 17.6 Å². The average Bonchev–Trinajstić information content (AvgIpc) is 2.97. The van der Waals surface area contributed by atoms with E-state index < -0.39 is 6.10 Å². The molecule has 4 nitrogen and oxygen atoms in total. The summed E-state index contributed by atoms with van der Waals surface area (Å²) in [6.45, 7) is 1.05. The molecule has 0 aliphatic carbocycles. The lowest BCUT2D eigenvalue weighted by Crippen LogP contribution is -2.25. The maximum atomic E-state index is 12.6. The van der Waals surface area contributed by atoms with Crippen LogP contribution >= 0.6 is 0 Å². The van der Waals surface area contributed by atoms with Crippen LogP contribution in [-0.2, 0) is 6.42 Å². The molecule has 0 spiro atoms. The molecule has 0 radical (unpaired) electrons. The first-order valence-corrected chi connectivity index (χ1v) is 7.00. The Hall–Kier alpha value is -2.49. The van der Waals surface area contributed by atoms with E-state index in [-0.39, 0.29) is 5.78 Å². The van der Waals surface area contributed by atoms with Crippen LogP contribution in [-0.4, -0.2) is 25.1 Å². The van der Waals surface area contributed by atoms with Gasteiger partial charge in [0.1, 0.15) is 19.0 Å². The molecule has 0 amide bonds. The van der Waals surface area contributed by atoms with Crippen molar-refractivity contribution in [2.24, 2.45) is 0 Å². The van der Waals surface area contributed by atoms with Crippen LogP contribution < -0.4 is 14.2 Å². The molecule has 0 bridgehead atoms. The molecule has 4 heteroatoms. The van der Waals surface area contributed by atoms with Gasteiger partial charge >= 0.3 is 0 Å². The van der Waals surface area contributed by atoms with Crippen molar-refractivity contribution >= 4 is 5.78 Å². The molecule has 2 aliphatic rings. The predicted octanol–water partition coefficient (Wildman–Crippen LogP) is 2.64. The zero-order valence-corrected chi connectivity index (χ0v) is 11.4. The smallest absolute Gasteiger partial charge is 0.203 e. The SMILES string of the molecule is O=C(c1ccc2c(c1)OCCO2)C1Cc2ccccc2O1. The van der Waals surface area contributed by atoms with Gasteiger partial charge in [-0.1, -0.05) is 18.2 Å². The maximum Gasteiger partial charge on any atom is 0.203 e. The van der Waals surface area contributed by atoms with Gasteiger partial charge in [-0.15, -0.1) is 0 Å². The molecular formula is C17H14O4. The number of Topliss-reactive ketones (excluding diaryl/α,β-unsaturated/α-hetero) is 1. The van der Waals surface area contributed by atoms with E-state index >= 15 is 0 Å². The van der Waals surface area contributed by atoms with E-state index in [9.17, 15) is 4.79 Å². The number of benzene rings is 2. The molecule has 2 aromatic rings. The number of ketones is 1. The Balaban J connectivity index is 1.59. The second-order valence-electron chi connectivity index (χ2n) is 5.14. The van der Waals surface area contributed by atoms with Gasteiger partial charge in [-0.25, -0.2) is 0 Å². The van der Waals surface area contributed by atoms with Gasteiger partial charge in [0.25, 0.3) is 0 Å². The molecule has 1 atom stereocenters. The quantitative estimate of drug-likeness (QED) is 0.794. The van der Waals surface area contributed by atoms with Gasteiger partial charge in [0, 0.05) is 12.0 Å². The number of hydrogen-bond acceptors (Lipinski definition) is 4. The monoisotopic (exact) mass is 282 g/mol.